The Hall–Kier alpha value is -1.17. The van der Waals surface area contributed by atoms with Gasteiger partial charge in [0.2, 0.25) is 0 Å². The van der Waals surface area contributed by atoms with E-state index in [1.54, 1.807) is 0 Å². The topological polar surface area (TPSA) is 12.0 Å². The average molecular weight is 225 g/mol. The van der Waals surface area contributed by atoms with Crippen molar-refractivity contribution in [2.75, 3.05) is 6.54 Å². The second-order valence-electron chi connectivity index (χ2n) is 2.92. The molecule has 1 aromatic rings. The van der Waals surface area contributed by atoms with Crippen LogP contribution in [0, 0.1) is 11.6 Å². The number of nitrogens with one attached hydrogen (secondary N) is 1. The first-order valence-corrected chi connectivity index (χ1v) is 4.10. The van der Waals surface area contributed by atoms with E-state index in [2.05, 4.69) is 0 Å². The van der Waals surface area contributed by atoms with Gasteiger partial charge in [0.15, 0.2) is 0 Å². The van der Waals surface area contributed by atoms with Gasteiger partial charge in [-0.2, -0.15) is 13.2 Å². The van der Waals surface area contributed by atoms with Gasteiger partial charge in [0.1, 0.15) is 11.6 Å². The largest absolute Gasteiger partial charge is 0.401 e. The van der Waals surface area contributed by atoms with Crippen molar-refractivity contribution in [3.05, 3.63) is 35.4 Å². The lowest BCUT2D eigenvalue weighted by atomic mass is 10.2. The first-order chi connectivity index (χ1) is 6.90. The van der Waals surface area contributed by atoms with E-state index >= 15 is 0 Å². The highest BCUT2D eigenvalue weighted by Gasteiger charge is 2.26. The molecule has 84 valence electrons. The van der Waals surface area contributed by atoms with E-state index in [1.807, 2.05) is 5.32 Å². The molecular formula is C9H8F5N. The smallest absolute Gasteiger partial charge is 0.304 e. The molecule has 0 bridgehead atoms. The lowest BCUT2D eigenvalue weighted by Gasteiger charge is -2.09. The van der Waals surface area contributed by atoms with E-state index in [4.69, 9.17) is 0 Å². The van der Waals surface area contributed by atoms with Crippen molar-refractivity contribution in [1.82, 2.24) is 5.32 Å². The Morgan fingerprint density at radius 2 is 1.60 bits per heavy atom. The predicted octanol–water partition coefficient (Wildman–Crippen LogP) is 2.62. The molecule has 0 atom stereocenters. The van der Waals surface area contributed by atoms with Gasteiger partial charge < -0.3 is 5.32 Å². The van der Waals surface area contributed by atoms with E-state index in [9.17, 15) is 22.0 Å². The number of halogens is 5. The minimum absolute atomic E-state index is 0.387. The summed E-state index contributed by atoms with van der Waals surface area (Å²) in [6.07, 6.45) is -4.39. The van der Waals surface area contributed by atoms with E-state index in [0.29, 0.717) is 0 Å². The van der Waals surface area contributed by atoms with Crippen LogP contribution in [0.2, 0.25) is 0 Å². The van der Waals surface area contributed by atoms with Gasteiger partial charge >= 0.3 is 6.18 Å². The summed E-state index contributed by atoms with van der Waals surface area (Å²) in [5.74, 6) is -1.71. The summed E-state index contributed by atoms with van der Waals surface area (Å²) >= 11 is 0. The lowest BCUT2D eigenvalue weighted by Crippen LogP contribution is -2.28. The molecule has 0 saturated carbocycles. The van der Waals surface area contributed by atoms with Gasteiger partial charge in [-0.15, -0.1) is 0 Å². The molecule has 6 heteroatoms. The number of hydrogen-bond acceptors (Lipinski definition) is 1. The van der Waals surface area contributed by atoms with E-state index in [1.165, 1.54) is 0 Å². The first-order valence-electron chi connectivity index (χ1n) is 4.10. The van der Waals surface area contributed by atoms with E-state index < -0.39 is 30.9 Å². The summed E-state index contributed by atoms with van der Waals surface area (Å²) in [4.78, 5) is 0. The van der Waals surface area contributed by atoms with Gasteiger partial charge in [-0.25, -0.2) is 8.78 Å². The van der Waals surface area contributed by atoms with Crippen molar-refractivity contribution in [3.63, 3.8) is 0 Å². The standard InChI is InChI=1S/C9H8F5N/c10-7-2-1-3-8(11)6(7)4-15-5-9(12,13)14/h1-3,15H,4-5H2. The minimum Gasteiger partial charge on any atom is -0.304 e. The van der Waals surface area contributed by atoms with Crippen LogP contribution in [0.1, 0.15) is 5.56 Å². The summed E-state index contributed by atoms with van der Waals surface area (Å²) in [6.45, 7) is -1.77. The molecule has 0 radical (unpaired) electrons. The average Bonchev–Trinajstić information content (AvgIpc) is 2.08. The minimum atomic E-state index is -4.39. The molecule has 0 aliphatic carbocycles. The molecule has 0 spiro atoms. The van der Waals surface area contributed by atoms with Crippen LogP contribution in [-0.2, 0) is 6.54 Å². The van der Waals surface area contributed by atoms with Gasteiger partial charge in [0.05, 0.1) is 6.54 Å². The molecule has 0 aromatic heterocycles. The monoisotopic (exact) mass is 225 g/mol. The Morgan fingerprint density at radius 3 is 2.07 bits per heavy atom. The number of alkyl halides is 3. The van der Waals surface area contributed by atoms with Crippen molar-refractivity contribution in [2.45, 2.75) is 12.7 Å². The third-order valence-corrected chi connectivity index (χ3v) is 1.69. The Balaban J connectivity index is 2.58. The van der Waals surface area contributed by atoms with Crippen molar-refractivity contribution < 1.29 is 22.0 Å². The van der Waals surface area contributed by atoms with Crippen LogP contribution in [0.15, 0.2) is 18.2 Å². The predicted molar refractivity (Wildman–Crippen MR) is 44.1 cm³/mol. The molecule has 0 fully saturated rings. The fourth-order valence-corrected chi connectivity index (χ4v) is 1.03. The maximum Gasteiger partial charge on any atom is 0.401 e. The third kappa shape index (κ3) is 3.83. The van der Waals surface area contributed by atoms with Crippen molar-refractivity contribution >= 4 is 0 Å². The van der Waals surface area contributed by atoms with Crippen LogP contribution >= 0.6 is 0 Å². The second-order valence-corrected chi connectivity index (χ2v) is 2.92. The van der Waals surface area contributed by atoms with Gasteiger partial charge in [-0.3, -0.25) is 0 Å². The summed E-state index contributed by atoms with van der Waals surface area (Å²) < 4.78 is 60.9. The summed E-state index contributed by atoms with van der Waals surface area (Å²) in [5, 5.41) is 1.92. The highest BCUT2D eigenvalue weighted by atomic mass is 19.4. The van der Waals surface area contributed by atoms with Gasteiger partial charge in [-0.05, 0) is 12.1 Å². The Kier molecular flexibility index (Phi) is 3.62. The molecular weight excluding hydrogens is 217 g/mol. The molecule has 0 heterocycles. The zero-order valence-corrected chi connectivity index (χ0v) is 7.54. The normalized spacial score (nSPS) is 11.8. The third-order valence-electron chi connectivity index (χ3n) is 1.69. The van der Waals surface area contributed by atoms with Gasteiger partial charge in [0.25, 0.3) is 0 Å². The Morgan fingerprint density at radius 1 is 1.07 bits per heavy atom. The quantitative estimate of drug-likeness (QED) is 0.779. The van der Waals surface area contributed by atoms with Crippen LogP contribution in [0.25, 0.3) is 0 Å². The highest BCUT2D eigenvalue weighted by Crippen LogP contribution is 2.14. The molecule has 1 rings (SSSR count). The summed E-state index contributed by atoms with van der Waals surface area (Å²) in [6, 6.07) is 3.14. The van der Waals surface area contributed by atoms with E-state index in [0.717, 1.165) is 18.2 Å². The SMILES string of the molecule is Fc1cccc(F)c1CNCC(F)(F)F. The molecule has 0 aliphatic heterocycles. The van der Waals surface area contributed by atoms with Crippen LogP contribution in [0.4, 0.5) is 22.0 Å². The molecule has 0 unspecified atom stereocenters. The molecule has 0 amide bonds. The molecule has 1 nitrogen and oxygen atoms in total. The maximum absolute atomic E-state index is 12.9. The molecule has 0 aliphatic rings. The zero-order chi connectivity index (χ0) is 11.5. The maximum atomic E-state index is 12.9. The molecule has 1 N–H and O–H groups in total. The number of benzene rings is 1. The highest BCUT2D eigenvalue weighted by molar-refractivity contribution is 5.19. The molecule has 1 aromatic carbocycles. The van der Waals surface area contributed by atoms with Crippen LogP contribution in [0.5, 0.6) is 0 Å². The lowest BCUT2D eigenvalue weighted by molar-refractivity contribution is -0.125. The Labute approximate surface area is 82.9 Å². The molecule has 15 heavy (non-hydrogen) atoms. The van der Waals surface area contributed by atoms with Crippen molar-refractivity contribution in [1.29, 1.82) is 0 Å². The van der Waals surface area contributed by atoms with E-state index in [-0.39, 0.29) is 5.56 Å². The number of rotatable bonds is 3. The van der Waals surface area contributed by atoms with Gasteiger partial charge in [0, 0.05) is 12.1 Å². The van der Waals surface area contributed by atoms with Crippen molar-refractivity contribution in [3.8, 4) is 0 Å². The van der Waals surface area contributed by atoms with Crippen LogP contribution in [-0.4, -0.2) is 12.7 Å². The zero-order valence-electron chi connectivity index (χ0n) is 7.54. The second kappa shape index (κ2) is 4.57. The van der Waals surface area contributed by atoms with Crippen LogP contribution < -0.4 is 5.32 Å². The fourth-order valence-electron chi connectivity index (χ4n) is 1.03. The summed E-state index contributed by atoms with van der Waals surface area (Å²) in [7, 11) is 0. The Bertz CT molecular complexity index is 314. The van der Waals surface area contributed by atoms with Gasteiger partial charge in [-0.1, -0.05) is 6.07 Å². The summed E-state index contributed by atoms with van der Waals surface area (Å²) in [5.41, 5.74) is -0.387. The van der Waals surface area contributed by atoms with Crippen LogP contribution in [0.3, 0.4) is 0 Å². The molecule has 0 saturated heterocycles. The fraction of sp³-hybridized carbons (Fsp3) is 0.333. The number of hydrogen-bond donors (Lipinski definition) is 1. The van der Waals surface area contributed by atoms with Crippen molar-refractivity contribution in [2.24, 2.45) is 0 Å². The first kappa shape index (κ1) is 11.9.